The summed E-state index contributed by atoms with van der Waals surface area (Å²) in [6.07, 6.45) is 0.829. The Bertz CT molecular complexity index is 1060. The molecule has 38 heavy (non-hydrogen) atoms. The average molecular weight is 569 g/mol. The van der Waals surface area contributed by atoms with Gasteiger partial charge in [0.05, 0.1) is 6.61 Å². The molecule has 0 bridgehead atoms. The number of nitrogens with zero attached hydrogens (tertiary/aromatic N) is 2. The van der Waals surface area contributed by atoms with Gasteiger partial charge in [0.25, 0.3) is 0 Å². The van der Waals surface area contributed by atoms with Crippen LogP contribution in [0.3, 0.4) is 0 Å². The molecular formula is C29H33Cl2F3N2O2. The lowest BCUT2D eigenvalue weighted by Gasteiger charge is -2.34. The minimum Gasteiger partial charge on any atom is -0.367 e. The summed E-state index contributed by atoms with van der Waals surface area (Å²) in [4.78, 5) is 17.0. The van der Waals surface area contributed by atoms with Crippen LogP contribution in [0.5, 0.6) is 0 Å². The number of carbonyl (C=O) groups is 1. The van der Waals surface area contributed by atoms with Crippen LogP contribution in [0.2, 0.25) is 0 Å². The maximum atomic E-state index is 13.4. The van der Waals surface area contributed by atoms with Gasteiger partial charge in [-0.2, -0.15) is 0 Å². The van der Waals surface area contributed by atoms with Gasteiger partial charge >= 0.3 is 0 Å². The second-order valence-electron chi connectivity index (χ2n) is 9.07. The van der Waals surface area contributed by atoms with E-state index in [0.717, 1.165) is 56.8 Å². The fraction of sp³-hybridized carbons (Fsp3) is 0.345. The predicted molar refractivity (Wildman–Crippen MR) is 148 cm³/mol. The summed E-state index contributed by atoms with van der Waals surface area (Å²) < 4.78 is 46.0. The zero-order valence-electron chi connectivity index (χ0n) is 21.0. The van der Waals surface area contributed by atoms with Crippen molar-refractivity contribution in [3.8, 4) is 0 Å². The fourth-order valence-corrected chi connectivity index (χ4v) is 4.44. The van der Waals surface area contributed by atoms with Crippen molar-refractivity contribution in [2.45, 2.75) is 18.9 Å². The number of hydrogen-bond acceptors (Lipinski definition) is 4. The molecule has 1 fully saturated rings. The number of hydrogen-bond donors (Lipinski definition) is 0. The van der Waals surface area contributed by atoms with Crippen LogP contribution in [-0.2, 0) is 4.74 Å². The molecule has 1 saturated heterocycles. The van der Waals surface area contributed by atoms with Gasteiger partial charge < -0.3 is 9.64 Å². The molecule has 9 heteroatoms. The van der Waals surface area contributed by atoms with Crippen LogP contribution in [0.25, 0.3) is 0 Å². The van der Waals surface area contributed by atoms with Gasteiger partial charge in [0.1, 0.15) is 23.6 Å². The summed E-state index contributed by atoms with van der Waals surface area (Å²) in [6.45, 7) is 5.77. The van der Waals surface area contributed by atoms with Gasteiger partial charge in [-0.1, -0.05) is 24.3 Å². The number of piperazine rings is 1. The molecule has 3 aromatic carbocycles. The summed E-state index contributed by atoms with van der Waals surface area (Å²) in [5.74, 6) is -0.914. The van der Waals surface area contributed by atoms with Crippen LogP contribution in [0.1, 0.15) is 40.4 Å². The van der Waals surface area contributed by atoms with E-state index in [2.05, 4.69) is 9.80 Å². The molecule has 0 saturated carbocycles. The minimum atomic E-state index is -0.397. The first kappa shape index (κ1) is 31.8. The summed E-state index contributed by atoms with van der Waals surface area (Å²) in [6, 6.07) is 18.1. The Balaban J connectivity index is 0.00000253. The van der Waals surface area contributed by atoms with Crippen molar-refractivity contribution in [3.63, 3.8) is 0 Å². The van der Waals surface area contributed by atoms with E-state index in [-0.39, 0.29) is 48.0 Å². The van der Waals surface area contributed by atoms with Crippen molar-refractivity contribution in [1.29, 1.82) is 0 Å². The third-order valence-electron chi connectivity index (χ3n) is 6.55. The van der Waals surface area contributed by atoms with Crippen LogP contribution in [0.15, 0.2) is 72.8 Å². The second-order valence-corrected chi connectivity index (χ2v) is 9.07. The van der Waals surface area contributed by atoms with Gasteiger partial charge in [0.15, 0.2) is 5.78 Å². The fourth-order valence-electron chi connectivity index (χ4n) is 4.44. The predicted octanol–water partition coefficient (Wildman–Crippen LogP) is 6.33. The molecule has 0 aromatic heterocycles. The second kappa shape index (κ2) is 15.9. The van der Waals surface area contributed by atoms with E-state index >= 15 is 0 Å². The summed E-state index contributed by atoms with van der Waals surface area (Å²) in [5, 5.41) is 0. The van der Waals surface area contributed by atoms with E-state index in [1.165, 1.54) is 48.5 Å². The van der Waals surface area contributed by atoms with Crippen molar-refractivity contribution < 1.29 is 22.7 Å². The molecule has 0 atom stereocenters. The number of ketones is 1. The highest BCUT2D eigenvalue weighted by Gasteiger charge is 2.19. The smallest absolute Gasteiger partial charge is 0.162 e. The van der Waals surface area contributed by atoms with E-state index < -0.39 is 6.10 Å². The molecule has 0 spiro atoms. The third-order valence-corrected chi connectivity index (χ3v) is 6.55. The summed E-state index contributed by atoms with van der Waals surface area (Å²) in [5.41, 5.74) is 2.20. The van der Waals surface area contributed by atoms with E-state index in [1.54, 1.807) is 24.3 Å². The Morgan fingerprint density at radius 1 is 0.684 bits per heavy atom. The van der Waals surface area contributed by atoms with E-state index in [9.17, 15) is 18.0 Å². The Morgan fingerprint density at radius 3 is 1.58 bits per heavy atom. The van der Waals surface area contributed by atoms with Gasteiger partial charge in [-0.05, 0) is 72.6 Å². The molecule has 0 radical (unpaired) electrons. The summed E-state index contributed by atoms with van der Waals surface area (Å²) >= 11 is 0. The highest BCUT2D eigenvalue weighted by atomic mass is 35.5. The maximum absolute atomic E-state index is 13.4. The highest BCUT2D eigenvalue weighted by molar-refractivity contribution is 5.95. The SMILES string of the molecule is Cl.Cl.O=C(CCCN1CCN(CCOC(c2ccc(F)cc2)c2ccc(F)cc2)CC1)c1ccc(F)cc1. The first-order valence-corrected chi connectivity index (χ1v) is 12.3. The molecule has 0 aliphatic carbocycles. The zero-order chi connectivity index (χ0) is 25.3. The molecule has 4 nitrogen and oxygen atoms in total. The first-order valence-electron chi connectivity index (χ1n) is 12.3. The number of rotatable bonds is 11. The lowest BCUT2D eigenvalue weighted by Crippen LogP contribution is -2.47. The Labute approximate surface area is 234 Å². The van der Waals surface area contributed by atoms with E-state index in [1.807, 2.05) is 0 Å². The number of halogens is 5. The first-order chi connectivity index (χ1) is 17.5. The van der Waals surface area contributed by atoms with Crippen molar-refractivity contribution in [3.05, 3.63) is 107 Å². The number of Topliss-reactive ketones (excluding diaryl/α,β-unsaturated/α-hetero) is 1. The van der Waals surface area contributed by atoms with Gasteiger partial charge in [-0.15, -0.1) is 24.8 Å². The van der Waals surface area contributed by atoms with Crippen LogP contribution in [-0.4, -0.2) is 61.5 Å². The lowest BCUT2D eigenvalue weighted by molar-refractivity contribution is 0.0449. The molecule has 1 heterocycles. The number of benzene rings is 3. The molecule has 0 amide bonds. The molecular weight excluding hydrogens is 536 g/mol. The van der Waals surface area contributed by atoms with Gasteiger partial charge in [-0.25, -0.2) is 13.2 Å². The van der Waals surface area contributed by atoms with Crippen molar-refractivity contribution >= 4 is 30.6 Å². The van der Waals surface area contributed by atoms with Gasteiger partial charge in [0.2, 0.25) is 0 Å². The monoisotopic (exact) mass is 568 g/mol. The van der Waals surface area contributed by atoms with Crippen LogP contribution in [0.4, 0.5) is 13.2 Å². The van der Waals surface area contributed by atoms with Gasteiger partial charge in [0, 0.05) is 44.7 Å². The Morgan fingerprint density at radius 2 is 1.11 bits per heavy atom. The third kappa shape index (κ3) is 9.40. The van der Waals surface area contributed by atoms with Crippen molar-refractivity contribution in [2.24, 2.45) is 0 Å². The topological polar surface area (TPSA) is 32.8 Å². The summed E-state index contributed by atoms with van der Waals surface area (Å²) in [7, 11) is 0. The Kier molecular flexibility index (Phi) is 13.3. The molecule has 0 unspecified atom stereocenters. The molecule has 0 N–H and O–H groups in total. The van der Waals surface area contributed by atoms with Crippen LogP contribution < -0.4 is 0 Å². The molecule has 1 aliphatic rings. The maximum Gasteiger partial charge on any atom is 0.162 e. The normalized spacial score (nSPS) is 14.1. The average Bonchev–Trinajstić information content (AvgIpc) is 2.89. The highest BCUT2D eigenvalue weighted by Crippen LogP contribution is 2.26. The van der Waals surface area contributed by atoms with E-state index in [4.69, 9.17) is 4.74 Å². The quantitative estimate of drug-likeness (QED) is 0.253. The minimum absolute atomic E-state index is 0. The van der Waals surface area contributed by atoms with Gasteiger partial charge in [-0.3, -0.25) is 9.69 Å². The number of ether oxygens (including phenoxy) is 1. The van der Waals surface area contributed by atoms with E-state index in [0.29, 0.717) is 18.6 Å². The largest absolute Gasteiger partial charge is 0.367 e. The van der Waals surface area contributed by atoms with Crippen molar-refractivity contribution in [2.75, 3.05) is 45.9 Å². The molecule has 206 valence electrons. The molecule has 1 aliphatic heterocycles. The standard InChI is InChI=1S/C29H31F3N2O2.2ClH/c30-25-9-3-22(4-10-25)28(35)2-1-15-33-16-18-34(19-17-33)20-21-36-29(23-5-11-26(31)12-6-23)24-7-13-27(32)14-8-24;;/h3-14,29H,1-2,15-21H2;2*1H. The zero-order valence-corrected chi connectivity index (χ0v) is 22.7. The van der Waals surface area contributed by atoms with Crippen molar-refractivity contribution in [1.82, 2.24) is 9.80 Å². The number of carbonyl (C=O) groups excluding carboxylic acids is 1. The van der Waals surface area contributed by atoms with Crippen LogP contribution >= 0.6 is 24.8 Å². The Hall–Kier alpha value is -2.42. The lowest BCUT2D eigenvalue weighted by atomic mass is 10.0. The van der Waals surface area contributed by atoms with Crippen LogP contribution in [0, 0.1) is 17.5 Å². The molecule has 3 aromatic rings. The molecule has 4 rings (SSSR count).